The lowest BCUT2D eigenvalue weighted by molar-refractivity contribution is 0.253. The van der Waals surface area contributed by atoms with Gasteiger partial charge in [0.05, 0.1) is 6.10 Å². The van der Waals surface area contributed by atoms with Gasteiger partial charge in [-0.15, -0.1) is 0 Å². The van der Waals surface area contributed by atoms with E-state index in [2.05, 4.69) is 4.90 Å². The van der Waals surface area contributed by atoms with Crippen molar-refractivity contribution < 1.29 is 9.09 Å². The van der Waals surface area contributed by atoms with Crippen molar-refractivity contribution in [2.45, 2.75) is 26.9 Å². The van der Waals surface area contributed by atoms with Gasteiger partial charge in [-0.25, -0.2) is 0 Å². The molecule has 0 heterocycles. The lowest BCUT2D eigenvalue weighted by Crippen LogP contribution is -2.15. The Morgan fingerprint density at radius 1 is 1.43 bits per heavy atom. The van der Waals surface area contributed by atoms with E-state index in [4.69, 9.17) is 4.52 Å². The van der Waals surface area contributed by atoms with E-state index in [0.717, 1.165) is 12.3 Å². The predicted octanol–water partition coefficient (Wildman–Crippen LogP) is 2.92. The van der Waals surface area contributed by atoms with Crippen molar-refractivity contribution in [3.05, 3.63) is 0 Å². The fourth-order valence-corrected chi connectivity index (χ4v) is 4.97. The average Bonchev–Trinajstić information content (AvgIpc) is 2.02. The van der Waals surface area contributed by atoms with Crippen molar-refractivity contribution >= 4 is 18.0 Å². The van der Waals surface area contributed by atoms with Crippen LogP contribution in [0.25, 0.3) is 0 Å². The summed E-state index contributed by atoms with van der Waals surface area (Å²) in [5.74, 6) is 0.866. The van der Waals surface area contributed by atoms with E-state index in [-0.39, 0.29) is 6.10 Å². The second-order valence-electron chi connectivity index (χ2n) is 3.72. The summed E-state index contributed by atoms with van der Waals surface area (Å²) < 4.78 is 17.6. The number of hydrogen-bond donors (Lipinski definition) is 0. The smallest absolute Gasteiger partial charge is 0.257 e. The molecule has 1 atom stereocenters. The van der Waals surface area contributed by atoms with Crippen LogP contribution in [-0.4, -0.2) is 43.6 Å². The zero-order chi connectivity index (χ0) is 11.2. The quantitative estimate of drug-likeness (QED) is 0.639. The Balaban J connectivity index is 3.94. The van der Waals surface area contributed by atoms with Gasteiger partial charge in [-0.2, -0.15) is 0 Å². The van der Waals surface area contributed by atoms with Crippen molar-refractivity contribution in [2.75, 3.05) is 32.6 Å². The third kappa shape index (κ3) is 6.88. The summed E-state index contributed by atoms with van der Waals surface area (Å²) in [6.45, 7) is 4.29. The van der Waals surface area contributed by atoms with Crippen LogP contribution in [0.5, 0.6) is 0 Å². The molecule has 0 aromatic heterocycles. The van der Waals surface area contributed by atoms with Crippen molar-refractivity contribution in [2.24, 2.45) is 0 Å². The Morgan fingerprint density at radius 3 is 2.36 bits per heavy atom. The molecule has 0 radical (unpaired) electrons. The fraction of sp³-hybridized carbons (Fsp3) is 1.00. The van der Waals surface area contributed by atoms with E-state index in [1.165, 1.54) is 11.4 Å². The maximum absolute atomic E-state index is 12.1. The number of hydrogen-bond acceptors (Lipinski definition) is 4. The monoisotopic (exact) mass is 239 g/mol. The topological polar surface area (TPSA) is 29.5 Å². The molecule has 0 aliphatic heterocycles. The Labute approximate surface area is 91.8 Å². The molecule has 0 saturated carbocycles. The molecule has 86 valence electrons. The first kappa shape index (κ1) is 14.5. The zero-order valence-electron chi connectivity index (χ0n) is 9.82. The third-order valence-electron chi connectivity index (χ3n) is 1.59. The second kappa shape index (κ2) is 6.89. The SMILES string of the molecule is CCP(=O)(OC(C)C)SCCN(C)C. The molecule has 0 spiro atoms. The summed E-state index contributed by atoms with van der Waals surface area (Å²) in [4.78, 5) is 2.09. The molecular weight excluding hydrogens is 217 g/mol. The standard InChI is InChI=1S/C9H22NO2PS/c1-6-13(11,12-9(2)3)14-8-7-10(4)5/h9H,6-8H2,1-5H3. The molecule has 5 heteroatoms. The Kier molecular flexibility index (Phi) is 7.13. The third-order valence-corrected chi connectivity index (χ3v) is 6.62. The van der Waals surface area contributed by atoms with E-state index >= 15 is 0 Å². The highest BCUT2D eigenvalue weighted by Gasteiger charge is 2.22. The molecule has 0 aromatic rings. The molecular formula is C9H22NO2PS. The van der Waals surface area contributed by atoms with Crippen LogP contribution in [0.2, 0.25) is 0 Å². The van der Waals surface area contributed by atoms with E-state index < -0.39 is 6.57 Å². The summed E-state index contributed by atoms with van der Waals surface area (Å²) in [6.07, 6.45) is 0.663. The molecule has 0 N–H and O–H groups in total. The molecule has 0 amide bonds. The van der Waals surface area contributed by atoms with Crippen LogP contribution < -0.4 is 0 Å². The van der Waals surface area contributed by atoms with Crippen LogP contribution in [0.15, 0.2) is 0 Å². The number of nitrogens with zero attached hydrogens (tertiary/aromatic N) is 1. The van der Waals surface area contributed by atoms with Gasteiger partial charge < -0.3 is 9.42 Å². The summed E-state index contributed by atoms with van der Waals surface area (Å²) in [6, 6.07) is 0. The van der Waals surface area contributed by atoms with Crippen molar-refractivity contribution in [3.8, 4) is 0 Å². The second-order valence-corrected chi connectivity index (χ2v) is 8.89. The molecule has 0 aliphatic carbocycles. The molecule has 0 fully saturated rings. The molecule has 1 unspecified atom stereocenters. The van der Waals surface area contributed by atoms with E-state index in [0.29, 0.717) is 6.16 Å². The van der Waals surface area contributed by atoms with Gasteiger partial charge in [0.1, 0.15) is 0 Å². The van der Waals surface area contributed by atoms with Crippen molar-refractivity contribution in [1.29, 1.82) is 0 Å². The van der Waals surface area contributed by atoms with Gasteiger partial charge in [-0.3, -0.25) is 4.57 Å². The molecule has 14 heavy (non-hydrogen) atoms. The Hall–Kier alpha value is 0.500. The van der Waals surface area contributed by atoms with Crippen molar-refractivity contribution in [1.82, 2.24) is 4.90 Å². The minimum Gasteiger partial charge on any atom is -0.318 e. The van der Waals surface area contributed by atoms with Crippen molar-refractivity contribution in [3.63, 3.8) is 0 Å². The largest absolute Gasteiger partial charge is 0.318 e. The normalized spacial score (nSPS) is 16.2. The summed E-state index contributed by atoms with van der Waals surface area (Å²) in [5, 5.41) is 0. The lowest BCUT2D eigenvalue weighted by Gasteiger charge is -2.19. The van der Waals surface area contributed by atoms with Gasteiger partial charge in [0.15, 0.2) is 0 Å². The first-order valence-corrected chi connectivity index (χ1v) is 8.36. The van der Waals surface area contributed by atoms with Crippen LogP contribution >= 0.6 is 18.0 Å². The summed E-state index contributed by atoms with van der Waals surface area (Å²) in [5.41, 5.74) is 0. The maximum Gasteiger partial charge on any atom is 0.257 e. The van der Waals surface area contributed by atoms with Gasteiger partial charge in [-0.05, 0) is 27.9 Å². The van der Waals surface area contributed by atoms with Crippen LogP contribution in [0.3, 0.4) is 0 Å². The van der Waals surface area contributed by atoms with Gasteiger partial charge >= 0.3 is 0 Å². The van der Waals surface area contributed by atoms with E-state index in [9.17, 15) is 4.57 Å². The predicted molar refractivity (Wildman–Crippen MR) is 65.4 cm³/mol. The molecule has 0 saturated heterocycles. The van der Waals surface area contributed by atoms with E-state index in [1.807, 2.05) is 34.9 Å². The van der Waals surface area contributed by atoms with Crippen LogP contribution in [0, 0.1) is 0 Å². The van der Waals surface area contributed by atoms with Crippen LogP contribution in [0.4, 0.5) is 0 Å². The Bertz CT molecular complexity index is 197. The number of rotatable bonds is 7. The van der Waals surface area contributed by atoms with E-state index in [1.54, 1.807) is 0 Å². The Morgan fingerprint density at radius 2 is 2.00 bits per heavy atom. The molecule has 0 rings (SSSR count). The molecule has 0 bridgehead atoms. The van der Waals surface area contributed by atoms with Gasteiger partial charge in [-0.1, -0.05) is 18.3 Å². The first-order valence-electron chi connectivity index (χ1n) is 4.96. The highest BCUT2D eigenvalue weighted by molar-refractivity contribution is 8.56. The lowest BCUT2D eigenvalue weighted by atomic mass is 10.5. The first-order chi connectivity index (χ1) is 6.39. The van der Waals surface area contributed by atoms with Gasteiger partial charge in [0, 0.05) is 18.5 Å². The molecule has 0 aliphatic rings. The highest BCUT2D eigenvalue weighted by Crippen LogP contribution is 2.59. The fourth-order valence-electron chi connectivity index (χ4n) is 0.880. The molecule has 3 nitrogen and oxygen atoms in total. The van der Waals surface area contributed by atoms with Gasteiger partial charge in [0.25, 0.3) is 6.57 Å². The minimum absolute atomic E-state index is 0.0487. The summed E-state index contributed by atoms with van der Waals surface area (Å²) in [7, 11) is 4.03. The molecule has 0 aromatic carbocycles. The minimum atomic E-state index is -2.42. The van der Waals surface area contributed by atoms with Crippen LogP contribution in [0.1, 0.15) is 20.8 Å². The maximum atomic E-state index is 12.1. The highest BCUT2D eigenvalue weighted by atomic mass is 32.7. The van der Waals surface area contributed by atoms with Gasteiger partial charge in [0.2, 0.25) is 0 Å². The van der Waals surface area contributed by atoms with Crippen LogP contribution in [-0.2, 0) is 9.09 Å². The zero-order valence-corrected chi connectivity index (χ0v) is 11.5. The summed E-state index contributed by atoms with van der Waals surface area (Å²) >= 11 is 1.47. The average molecular weight is 239 g/mol.